The molecule has 1 aliphatic rings. The number of nitrogens with zero attached hydrogens (tertiary/aromatic N) is 3. The SMILES string of the molecule is CCCN1C(=O)C(=Cc2cn(-c3ccccc3)nc2-c2cccc(OCc3ccccc3Cl)c2)SC1=S. The summed E-state index contributed by atoms with van der Waals surface area (Å²) in [6.07, 6.45) is 4.67. The zero-order valence-corrected chi connectivity index (χ0v) is 22.5. The monoisotopic (exact) mass is 545 g/mol. The van der Waals surface area contributed by atoms with Crippen molar-refractivity contribution in [3.8, 4) is 22.7 Å². The van der Waals surface area contributed by atoms with Gasteiger partial charge in [-0.1, -0.05) is 91.0 Å². The van der Waals surface area contributed by atoms with E-state index in [-0.39, 0.29) is 5.91 Å². The van der Waals surface area contributed by atoms with Crippen LogP contribution in [-0.2, 0) is 11.4 Å². The summed E-state index contributed by atoms with van der Waals surface area (Å²) < 4.78 is 8.47. The number of rotatable bonds is 8. The molecule has 1 aromatic heterocycles. The molecule has 5 rings (SSSR count). The number of benzene rings is 3. The Morgan fingerprint density at radius 3 is 2.62 bits per heavy atom. The molecule has 0 unspecified atom stereocenters. The third-order valence-corrected chi connectivity index (χ3v) is 7.58. The maximum absolute atomic E-state index is 13.0. The molecule has 1 amide bonds. The summed E-state index contributed by atoms with van der Waals surface area (Å²) in [5.74, 6) is 0.638. The van der Waals surface area contributed by atoms with Crippen molar-refractivity contribution in [2.24, 2.45) is 0 Å². The number of thiocarbonyl (C=S) groups is 1. The van der Waals surface area contributed by atoms with Crippen molar-refractivity contribution >= 4 is 51.9 Å². The fraction of sp³-hybridized carbons (Fsp3) is 0.138. The largest absolute Gasteiger partial charge is 0.489 e. The number of hydrogen-bond acceptors (Lipinski definition) is 5. The normalized spacial score (nSPS) is 14.5. The molecule has 0 aliphatic carbocycles. The number of carbonyl (C=O) groups excluding carboxylic acids is 1. The first-order chi connectivity index (χ1) is 18.0. The molecule has 0 N–H and O–H groups in total. The van der Waals surface area contributed by atoms with Crippen LogP contribution in [0.4, 0.5) is 0 Å². The molecule has 5 nitrogen and oxygen atoms in total. The number of amides is 1. The second-order valence-electron chi connectivity index (χ2n) is 8.45. The molecular weight excluding hydrogens is 522 g/mol. The lowest BCUT2D eigenvalue weighted by Gasteiger charge is -2.11. The molecule has 2 heterocycles. The summed E-state index contributed by atoms with van der Waals surface area (Å²) in [7, 11) is 0. The topological polar surface area (TPSA) is 47.4 Å². The van der Waals surface area contributed by atoms with Crippen LogP contribution in [0.2, 0.25) is 5.02 Å². The minimum atomic E-state index is -0.0629. The van der Waals surface area contributed by atoms with Gasteiger partial charge in [0.05, 0.1) is 10.6 Å². The van der Waals surface area contributed by atoms with Crippen molar-refractivity contribution in [3.05, 3.63) is 106 Å². The van der Waals surface area contributed by atoms with Gasteiger partial charge in [-0.05, 0) is 42.8 Å². The zero-order chi connectivity index (χ0) is 25.8. The Morgan fingerprint density at radius 2 is 1.84 bits per heavy atom. The summed E-state index contributed by atoms with van der Waals surface area (Å²) in [6.45, 7) is 3.00. The van der Waals surface area contributed by atoms with Crippen LogP contribution in [0.3, 0.4) is 0 Å². The van der Waals surface area contributed by atoms with E-state index in [2.05, 4.69) is 0 Å². The van der Waals surface area contributed by atoms with E-state index >= 15 is 0 Å². The van der Waals surface area contributed by atoms with Crippen molar-refractivity contribution in [2.75, 3.05) is 6.54 Å². The van der Waals surface area contributed by atoms with Crippen LogP contribution in [0.5, 0.6) is 5.75 Å². The second kappa shape index (κ2) is 11.3. The van der Waals surface area contributed by atoms with Gasteiger partial charge >= 0.3 is 0 Å². The molecule has 37 heavy (non-hydrogen) atoms. The second-order valence-corrected chi connectivity index (χ2v) is 10.5. The van der Waals surface area contributed by atoms with E-state index in [1.807, 2.05) is 103 Å². The van der Waals surface area contributed by atoms with Crippen LogP contribution in [0.15, 0.2) is 90.0 Å². The Kier molecular flexibility index (Phi) is 7.74. The van der Waals surface area contributed by atoms with Gasteiger partial charge in [-0.3, -0.25) is 9.69 Å². The van der Waals surface area contributed by atoms with Crippen LogP contribution in [0, 0.1) is 0 Å². The summed E-state index contributed by atoms with van der Waals surface area (Å²) in [4.78, 5) is 15.3. The number of aromatic nitrogens is 2. The minimum Gasteiger partial charge on any atom is -0.489 e. The highest BCUT2D eigenvalue weighted by atomic mass is 35.5. The van der Waals surface area contributed by atoms with Crippen molar-refractivity contribution < 1.29 is 9.53 Å². The van der Waals surface area contributed by atoms with Gasteiger partial charge in [0.15, 0.2) is 0 Å². The molecule has 1 saturated heterocycles. The molecule has 0 atom stereocenters. The molecule has 8 heteroatoms. The lowest BCUT2D eigenvalue weighted by atomic mass is 10.1. The highest BCUT2D eigenvalue weighted by molar-refractivity contribution is 8.26. The number of para-hydroxylation sites is 1. The number of halogens is 1. The first kappa shape index (κ1) is 25.3. The Bertz CT molecular complexity index is 1480. The molecule has 186 valence electrons. The summed E-state index contributed by atoms with van der Waals surface area (Å²) >= 11 is 13.1. The van der Waals surface area contributed by atoms with Crippen LogP contribution < -0.4 is 4.74 Å². The predicted molar refractivity (Wildman–Crippen MR) is 155 cm³/mol. The molecular formula is C29H24ClN3O2S2. The average Bonchev–Trinajstić information content (AvgIpc) is 3.46. The number of carbonyl (C=O) groups is 1. The molecule has 0 spiro atoms. The first-order valence-corrected chi connectivity index (χ1v) is 13.5. The van der Waals surface area contributed by atoms with E-state index in [1.165, 1.54) is 11.8 Å². The van der Waals surface area contributed by atoms with E-state index in [0.29, 0.717) is 33.1 Å². The highest BCUT2D eigenvalue weighted by Crippen LogP contribution is 2.35. The van der Waals surface area contributed by atoms with Gasteiger partial charge in [0.2, 0.25) is 0 Å². The van der Waals surface area contributed by atoms with E-state index in [1.54, 1.807) is 4.90 Å². The van der Waals surface area contributed by atoms with Gasteiger partial charge in [0.25, 0.3) is 5.91 Å². The Balaban J connectivity index is 1.50. The lowest BCUT2D eigenvalue weighted by Crippen LogP contribution is -2.28. The fourth-order valence-corrected chi connectivity index (χ4v) is 5.49. The molecule has 4 aromatic rings. The average molecular weight is 546 g/mol. The fourth-order valence-electron chi connectivity index (χ4n) is 4.00. The standard InChI is InChI=1S/C29H24ClN3O2S2/c1-2-15-32-28(34)26(37-29(32)36)17-22-18-33(23-11-4-3-5-12-23)31-27(22)20-10-8-13-24(16-20)35-19-21-9-6-7-14-25(21)30/h3-14,16-18H,2,15,19H2,1H3. The molecule has 1 aliphatic heterocycles. The van der Waals surface area contributed by atoms with Crippen molar-refractivity contribution in [3.63, 3.8) is 0 Å². The van der Waals surface area contributed by atoms with Gasteiger partial charge < -0.3 is 4.74 Å². The van der Waals surface area contributed by atoms with E-state index in [0.717, 1.165) is 34.5 Å². The molecule has 0 radical (unpaired) electrons. The minimum absolute atomic E-state index is 0.0629. The summed E-state index contributed by atoms with van der Waals surface area (Å²) in [6, 6.07) is 25.3. The van der Waals surface area contributed by atoms with Crippen LogP contribution in [-0.4, -0.2) is 31.5 Å². The van der Waals surface area contributed by atoms with E-state index < -0.39 is 0 Å². The molecule has 0 saturated carbocycles. The van der Waals surface area contributed by atoms with Gasteiger partial charge in [-0.15, -0.1) is 0 Å². The van der Waals surface area contributed by atoms with Crippen LogP contribution >= 0.6 is 35.6 Å². The van der Waals surface area contributed by atoms with Crippen LogP contribution in [0.1, 0.15) is 24.5 Å². The summed E-state index contributed by atoms with van der Waals surface area (Å²) in [5, 5.41) is 5.56. The van der Waals surface area contributed by atoms with Crippen molar-refractivity contribution in [1.82, 2.24) is 14.7 Å². The smallest absolute Gasteiger partial charge is 0.266 e. The van der Waals surface area contributed by atoms with Crippen molar-refractivity contribution in [1.29, 1.82) is 0 Å². The Morgan fingerprint density at radius 1 is 1.05 bits per heavy atom. The van der Waals surface area contributed by atoms with Gasteiger partial charge in [-0.25, -0.2) is 4.68 Å². The Labute approximate surface area is 230 Å². The number of thioether (sulfide) groups is 1. The summed E-state index contributed by atoms with van der Waals surface area (Å²) in [5.41, 5.74) is 4.28. The maximum Gasteiger partial charge on any atom is 0.266 e. The Hall–Kier alpha value is -3.39. The van der Waals surface area contributed by atoms with E-state index in [9.17, 15) is 4.79 Å². The maximum atomic E-state index is 13.0. The first-order valence-electron chi connectivity index (χ1n) is 11.9. The predicted octanol–water partition coefficient (Wildman–Crippen LogP) is 7.38. The van der Waals surface area contributed by atoms with Crippen LogP contribution in [0.25, 0.3) is 23.0 Å². The van der Waals surface area contributed by atoms with Gasteiger partial charge in [0, 0.05) is 34.5 Å². The van der Waals surface area contributed by atoms with E-state index in [4.69, 9.17) is 33.7 Å². The van der Waals surface area contributed by atoms with Crippen molar-refractivity contribution in [2.45, 2.75) is 20.0 Å². The third kappa shape index (κ3) is 5.64. The number of ether oxygens (including phenoxy) is 1. The van der Waals surface area contributed by atoms with Gasteiger partial charge in [-0.2, -0.15) is 5.10 Å². The zero-order valence-electron chi connectivity index (χ0n) is 20.1. The molecule has 0 bridgehead atoms. The quantitative estimate of drug-likeness (QED) is 0.171. The number of hydrogen-bond donors (Lipinski definition) is 0. The highest BCUT2D eigenvalue weighted by Gasteiger charge is 2.31. The third-order valence-electron chi connectivity index (χ3n) is 5.83. The van der Waals surface area contributed by atoms with Gasteiger partial charge in [0.1, 0.15) is 22.4 Å². The molecule has 3 aromatic carbocycles. The lowest BCUT2D eigenvalue weighted by molar-refractivity contribution is -0.122. The molecule has 1 fully saturated rings.